The van der Waals surface area contributed by atoms with Gasteiger partial charge in [-0.3, -0.25) is 0 Å². The number of aromatic nitrogens is 1. The van der Waals surface area contributed by atoms with E-state index in [1.807, 2.05) is 5.38 Å². The molecule has 0 aliphatic carbocycles. The van der Waals surface area contributed by atoms with E-state index in [1.54, 1.807) is 0 Å². The molecule has 0 unspecified atom stereocenters. The molecule has 5 heteroatoms. The van der Waals surface area contributed by atoms with Crippen LogP contribution in [0.2, 0.25) is 0 Å². The van der Waals surface area contributed by atoms with Gasteiger partial charge in [0.25, 0.3) is 0 Å². The van der Waals surface area contributed by atoms with Gasteiger partial charge in [-0.25, -0.2) is 4.98 Å². The van der Waals surface area contributed by atoms with Crippen LogP contribution < -0.4 is 0 Å². The Morgan fingerprint density at radius 3 is 2.70 bits per heavy atom. The minimum absolute atomic E-state index is 0.345. The van der Waals surface area contributed by atoms with Crippen molar-refractivity contribution in [3.05, 3.63) is 16.6 Å². The van der Waals surface area contributed by atoms with Gasteiger partial charge in [0.1, 0.15) is 0 Å². The van der Waals surface area contributed by atoms with Crippen molar-refractivity contribution in [1.82, 2.24) is 4.98 Å². The summed E-state index contributed by atoms with van der Waals surface area (Å²) in [5, 5.41) is 1.81. The zero-order valence-electron chi connectivity index (χ0n) is 4.77. The largest absolute Gasteiger partial charge is 0.238 e. The van der Waals surface area contributed by atoms with Crippen molar-refractivity contribution in [1.29, 1.82) is 0 Å². The summed E-state index contributed by atoms with van der Waals surface area (Å²) < 4.78 is -1.23. The van der Waals surface area contributed by atoms with Crippen LogP contribution >= 0.6 is 46.1 Å². The maximum atomic E-state index is 5.51. The third-order valence-corrected chi connectivity index (χ3v) is 1.81. The van der Waals surface area contributed by atoms with Gasteiger partial charge in [0, 0.05) is 11.8 Å². The first kappa shape index (κ1) is 8.60. The van der Waals surface area contributed by atoms with Crippen molar-refractivity contribution in [2.75, 3.05) is 0 Å². The van der Waals surface area contributed by atoms with E-state index in [0.29, 0.717) is 6.42 Å². The molecule has 0 bridgehead atoms. The fourth-order valence-electron chi connectivity index (χ4n) is 0.492. The van der Waals surface area contributed by atoms with Crippen LogP contribution in [0.25, 0.3) is 0 Å². The molecule has 1 radical (unpaired) electrons. The molecule has 0 N–H and O–H groups in total. The Morgan fingerprint density at radius 2 is 2.30 bits per heavy atom. The summed E-state index contributed by atoms with van der Waals surface area (Å²) in [6.45, 7) is 0. The molecular formula is C5H3Cl3NS. The highest BCUT2D eigenvalue weighted by Gasteiger charge is 2.20. The van der Waals surface area contributed by atoms with E-state index in [9.17, 15) is 0 Å². The SMILES string of the molecule is ClC(Cl)(Cl)Cc1cs[c]n1. The highest BCUT2D eigenvalue weighted by atomic mass is 35.6. The van der Waals surface area contributed by atoms with Crippen molar-refractivity contribution in [3.63, 3.8) is 0 Å². The number of rotatable bonds is 1. The van der Waals surface area contributed by atoms with Gasteiger partial charge < -0.3 is 0 Å². The number of hydrogen-bond acceptors (Lipinski definition) is 2. The van der Waals surface area contributed by atoms with Crippen molar-refractivity contribution in [3.8, 4) is 0 Å². The van der Waals surface area contributed by atoms with Crippen molar-refractivity contribution in [2.45, 2.75) is 10.2 Å². The fraction of sp³-hybridized carbons (Fsp3) is 0.400. The van der Waals surface area contributed by atoms with Gasteiger partial charge in [-0.05, 0) is 0 Å². The van der Waals surface area contributed by atoms with Crippen LogP contribution in [0.3, 0.4) is 0 Å². The van der Waals surface area contributed by atoms with E-state index in [0.717, 1.165) is 5.69 Å². The predicted molar refractivity (Wildman–Crippen MR) is 44.9 cm³/mol. The monoisotopic (exact) mass is 214 g/mol. The summed E-state index contributed by atoms with van der Waals surface area (Å²) in [4.78, 5) is 3.84. The van der Waals surface area contributed by atoms with Crippen LogP contribution in [-0.4, -0.2) is 8.78 Å². The molecule has 1 aromatic heterocycles. The van der Waals surface area contributed by atoms with Gasteiger partial charge >= 0.3 is 0 Å². The summed E-state index contributed by atoms with van der Waals surface area (Å²) in [5.74, 6) is 0. The molecule has 0 saturated heterocycles. The number of alkyl halides is 3. The Kier molecular flexibility index (Phi) is 2.81. The summed E-state index contributed by atoms with van der Waals surface area (Å²) in [6.07, 6.45) is 0.345. The van der Waals surface area contributed by atoms with Gasteiger partial charge in [0.05, 0.1) is 5.69 Å². The standard InChI is InChI=1S/C5H3Cl3NS/c6-5(7,8)1-4-2-10-3-9-4/h2H,1H2. The van der Waals surface area contributed by atoms with Crippen LogP contribution in [0, 0.1) is 5.51 Å². The van der Waals surface area contributed by atoms with E-state index in [4.69, 9.17) is 34.8 Å². The lowest BCUT2D eigenvalue weighted by Crippen LogP contribution is -2.06. The lowest BCUT2D eigenvalue weighted by molar-refractivity contribution is 0.971. The average Bonchev–Trinajstić information content (AvgIpc) is 2.12. The average molecular weight is 216 g/mol. The number of hydrogen-bond donors (Lipinski definition) is 0. The van der Waals surface area contributed by atoms with E-state index in [1.165, 1.54) is 11.3 Å². The molecule has 0 amide bonds. The Morgan fingerprint density at radius 1 is 1.60 bits per heavy atom. The van der Waals surface area contributed by atoms with Gasteiger partial charge in [-0.15, -0.1) is 11.3 Å². The zero-order valence-corrected chi connectivity index (χ0v) is 7.86. The maximum absolute atomic E-state index is 5.51. The molecule has 55 valence electrons. The molecular weight excluding hydrogens is 212 g/mol. The molecule has 0 fully saturated rings. The number of thiazole rings is 1. The topological polar surface area (TPSA) is 12.9 Å². The summed E-state index contributed by atoms with van der Waals surface area (Å²) >= 11 is 17.9. The smallest absolute Gasteiger partial charge is 0.196 e. The van der Waals surface area contributed by atoms with Gasteiger partial charge in [0.2, 0.25) is 0 Å². The Bertz CT molecular complexity index is 191. The molecule has 0 aliphatic heterocycles. The summed E-state index contributed by atoms with van der Waals surface area (Å²) in [7, 11) is 0. The molecule has 1 nitrogen and oxygen atoms in total. The highest BCUT2D eigenvalue weighted by molar-refractivity contribution is 7.07. The first-order chi connectivity index (χ1) is 4.58. The third-order valence-electron chi connectivity index (χ3n) is 0.818. The van der Waals surface area contributed by atoms with E-state index < -0.39 is 3.79 Å². The molecule has 0 spiro atoms. The van der Waals surface area contributed by atoms with Crippen LogP contribution in [-0.2, 0) is 6.42 Å². The Labute approximate surface area is 77.9 Å². The van der Waals surface area contributed by atoms with Gasteiger partial charge in [-0.2, -0.15) is 0 Å². The van der Waals surface area contributed by atoms with Gasteiger partial charge in [-0.1, -0.05) is 34.8 Å². The minimum Gasteiger partial charge on any atom is -0.238 e. The quantitative estimate of drug-likeness (QED) is 0.657. The van der Waals surface area contributed by atoms with E-state index >= 15 is 0 Å². The van der Waals surface area contributed by atoms with Crippen molar-refractivity contribution in [2.24, 2.45) is 0 Å². The highest BCUT2D eigenvalue weighted by Crippen LogP contribution is 2.29. The van der Waals surface area contributed by atoms with Crippen LogP contribution in [0.1, 0.15) is 5.69 Å². The second-order valence-corrected chi connectivity index (χ2v) is 4.89. The molecule has 10 heavy (non-hydrogen) atoms. The van der Waals surface area contributed by atoms with Crippen molar-refractivity contribution < 1.29 is 0 Å². The molecule has 0 aliphatic rings. The summed E-state index contributed by atoms with van der Waals surface area (Å²) in [6, 6.07) is 0. The second kappa shape index (κ2) is 3.26. The Hall–Kier alpha value is 0.500. The third kappa shape index (κ3) is 3.06. The predicted octanol–water partition coefficient (Wildman–Crippen LogP) is 2.86. The number of nitrogens with zero attached hydrogens (tertiary/aromatic N) is 1. The van der Waals surface area contributed by atoms with Crippen molar-refractivity contribution >= 4 is 46.1 Å². The summed E-state index contributed by atoms with van der Waals surface area (Å²) in [5.41, 5.74) is 3.44. The fourth-order valence-corrected chi connectivity index (χ4v) is 1.40. The lowest BCUT2D eigenvalue weighted by atomic mass is 10.4. The maximum Gasteiger partial charge on any atom is 0.196 e. The molecule has 0 saturated carbocycles. The molecule has 1 heterocycles. The van der Waals surface area contributed by atoms with Gasteiger partial charge in [0.15, 0.2) is 9.30 Å². The number of halogens is 3. The molecule has 0 atom stereocenters. The van der Waals surface area contributed by atoms with Crippen LogP contribution in [0.5, 0.6) is 0 Å². The normalized spacial score (nSPS) is 11.9. The molecule has 1 aromatic rings. The van der Waals surface area contributed by atoms with Crippen LogP contribution in [0.15, 0.2) is 5.38 Å². The lowest BCUT2D eigenvalue weighted by Gasteiger charge is -2.06. The molecule has 1 rings (SSSR count). The second-order valence-electron chi connectivity index (χ2n) is 1.72. The Balaban J connectivity index is 2.57. The first-order valence-electron chi connectivity index (χ1n) is 2.45. The van der Waals surface area contributed by atoms with E-state index in [2.05, 4.69) is 10.5 Å². The molecule has 0 aromatic carbocycles. The zero-order chi connectivity index (χ0) is 7.61. The minimum atomic E-state index is -1.23. The van der Waals surface area contributed by atoms with E-state index in [-0.39, 0.29) is 0 Å². The van der Waals surface area contributed by atoms with Crippen LogP contribution in [0.4, 0.5) is 0 Å². The first-order valence-corrected chi connectivity index (χ1v) is 4.46.